The highest BCUT2D eigenvalue weighted by atomic mass is 35.5. The SMILES string of the molecule is Cc1ccc(Cn2nc(C)c(C(=O)Nc3cccc(C#N)c3)c2Cl)cc1. The lowest BCUT2D eigenvalue weighted by atomic mass is 10.1. The van der Waals surface area contributed by atoms with Crippen LogP contribution < -0.4 is 5.32 Å². The molecule has 1 aromatic heterocycles. The molecule has 0 bridgehead atoms. The highest BCUT2D eigenvalue weighted by molar-refractivity contribution is 6.33. The molecule has 0 saturated carbocycles. The van der Waals surface area contributed by atoms with Crippen LogP contribution in [-0.4, -0.2) is 15.7 Å². The van der Waals surface area contributed by atoms with Gasteiger partial charge >= 0.3 is 0 Å². The van der Waals surface area contributed by atoms with E-state index in [1.807, 2.05) is 37.3 Å². The number of carbonyl (C=O) groups is 1. The number of hydrogen-bond acceptors (Lipinski definition) is 3. The number of aryl methyl sites for hydroxylation is 2. The summed E-state index contributed by atoms with van der Waals surface area (Å²) >= 11 is 6.42. The summed E-state index contributed by atoms with van der Waals surface area (Å²) in [4.78, 5) is 12.6. The Morgan fingerprint density at radius 2 is 1.96 bits per heavy atom. The van der Waals surface area contributed by atoms with Gasteiger partial charge in [-0.3, -0.25) is 4.79 Å². The molecule has 2 aromatic carbocycles. The topological polar surface area (TPSA) is 70.7 Å². The first-order valence-corrected chi connectivity index (χ1v) is 8.45. The van der Waals surface area contributed by atoms with Crippen LogP contribution in [0.5, 0.6) is 0 Å². The second-order valence-electron chi connectivity index (χ2n) is 6.04. The van der Waals surface area contributed by atoms with Crippen LogP contribution in [0.15, 0.2) is 48.5 Å². The molecule has 0 radical (unpaired) electrons. The Hall–Kier alpha value is -3.10. The fraction of sp³-hybridized carbons (Fsp3) is 0.150. The normalized spacial score (nSPS) is 10.4. The van der Waals surface area contributed by atoms with Crippen molar-refractivity contribution >= 4 is 23.2 Å². The number of nitriles is 1. The standard InChI is InChI=1S/C20H17ClN4O/c1-13-6-8-15(9-7-13)12-25-19(21)18(14(2)24-25)20(26)23-17-5-3-4-16(10-17)11-22/h3-10H,12H2,1-2H3,(H,23,26). The number of nitrogens with zero attached hydrogens (tertiary/aromatic N) is 3. The van der Waals surface area contributed by atoms with Gasteiger partial charge in [-0.2, -0.15) is 10.4 Å². The number of amides is 1. The van der Waals surface area contributed by atoms with Crippen molar-refractivity contribution in [2.75, 3.05) is 5.32 Å². The van der Waals surface area contributed by atoms with Crippen molar-refractivity contribution in [3.63, 3.8) is 0 Å². The smallest absolute Gasteiger partial charge is 0.260 e. The van der Waals surface area contributed by atoms with E-state index in [-0.39, 0.29) is 11.1 Å². The Balaban J connectivity index is 1.83. The number of benzene rings is 2. The lowest BCUT2D eigenvalue weighted by molar-refractivity contribution is 0.102. The molecule has 0 aliphatic heterocycles. The third-order valence-corrected chi connectivity index (χ3v) is 4.38. The van der Waals surface area contributed by atoms with Crippen LogP contribution in [0.4, 0.5) is 5.69 Å². The predicted molar refractivity (Wildman–Crippen MR) is 101 cm³/mol. The molecular weight excluding hydrogens is 348 g/mol. The maximum Gasteiger partial charge on any atom is 0.260 e. The highest BCUT2D eigenvalue weighted by Gasteiger charge is 2.20. The van der Waals surface area contributed by atoms with E-state index in [1.165, 1.54) is 5.56 Å². The third kappa shape index (κ3) is 3.76. The third-order valence-electron chi connectivity index (χ3n) is 3.99. The van der Waals surface area contributed by atoms with E-state index in [0.717, 1.165) is 5.56 Å². The molecule has 1 amide bonds. The van der Waals surface area contributed by atoms with E-state index in [1.54, 1.807) is 35.9 Å². The molecule has 130 valence electrons. The minimum absolute atomic E-state index is 0.289. The van der Waals surface area contributed by atoms with Crippen LogP contribution >= 0.6 is 11.6 Å². The summed E-state index contributed by atoms with van der Waals surface area (Å²) in [7, 11) is 0. The number of rotatable bonds is 4. The molecule has 1 N–H and O–H groups in total. The zero-order valence-corrected chi connectivity index (χ0v) is 15.2. The van der Waals surface area contributed by atoms with Crippen molar-refractivity contribution in [2.24, 2.45) is 0 Å². The molecule has 0 atom stereocenters. The summed E-state index contributed by atoms with van der Waals surface area (Å²) in [5.41, 5.74) is 4.12. The average molecular weight is 365 g/mol. The Morgan fingerprint density at radius 3 is 2.65 bits per heavy atom. The Labute approximate surface area is 156 Å². The first-order chi connectivity index (χ1) is 12.5. The summed E-state index contributed by atoms with van der Waals surface area (Å²) in [6.45, 7) is 4.26. The zero-order chi connectivity index (χ0) is 18.7. The van der Waals surface area contributed by atoms with Crippen molar-refractivity contribution < 1.29 is 4.79 Å². The highest BCUT2D eigenvalue weighted by Crippen LogP contribution is 2.23. The fourth-order valence-electron chi connectivity index (χ4n) is 2.64. The predicted octanol–water partition coefficient (Wildman–Crippen LogP) is 4.33. The number of aromatic nitrogens is 2. The maximum absolute atomic E-state index is 12.6. The van der Waals surface area contributed by atoms with Crippen LogP contribution in [0, 0.1) is 25.2 Å². The van der Waals surface area contributed by atoms with Crippen molar-refractivity contribution in [1.29, 1.82) is 5.26 Å². The van der Waals surface area contributed by atoms with Crippen molar-refractivity contribution in [3.05, 3.63) is 81.6 Å². The second-order valence-corrected chi connectivity index (χ2v) is 6.40. The minimum Gasteiger partial charge on any atom is -0.322 e. The monoisotopic (exact) mass is 364 g/mol. The lowest BCUT2D eigenvalue weighted by Crippen LogP contribution is -2.13. The summed E-state index contributed by atoms with van der Waals surface area (Å²) in [6.07, 6.45) is 0. The lowest BCUT2D eigenvalue weighted by Gasteiger charge is -2.06. The van der Waals surface area contributed by atoms with E-state index in [4.69, 9.17) is 16.9 Å². The van der Waals surface area contributed by atoms with Gasteiger partial charge in [0.05, 0.1) is 29.4 Å². The number of halogens is 1. The molecule has 0 aliphatic carbocycles. The minimum atomic E-state index is -0.349. The van der Waals surface area contributed by atoms with Gasteiger partial charge in [-0.1, -0.05) is 47.5 Å². The van der Waals surface area contributed by atoms with Gasteiger partial charge in [-0.15, -0.1) is 0 Å². The van der Waals surface area contributed by atoms with Gasteiger partial charge in [-0.05, 0) is 37.6 Å². The molecule has 0 unspecified atom stereocenters. The van der Waals surface area contributed by atoms with Crippen molar-refractivity contribution in [1.82, 2.24) is 9.78 Å². The second kappa shape index (κ2) is 7.42. The summed E-state index contributed by atoms with van der Waals surface area (Å²) < 4.78 is 1.61. The van der Waals surface area contributed by atoms with Gasteiger partial charge in [0.25, 0.3) is 5.91 Å². The molecule has 5 nitrogen and oxygen atoms in total. The number of hydrogen-bond donors (Lipinski definition) is 1. The largest absolute Gasteiger partial charge is 0.322 e. The zero-order valence-electron chi connectivity index (χ0n) is 14.5. The van der Waals surface area contributed by atoms with E-state index in [9.17, 15) is 4.79 Å². The van der Waals surface area contributed by atoms with Gasteiger partial charge < -0.3 is 5.32 Å². The Kier molecular flexibility index (Phi) is 5.06. The Bertz CT molecular complexity index is 1000. The van der Waals surface area contributed by atoms with Crippen molar-refractivity contribution in [2.45, 2.75) is 20.4 Å². The van der Waals surface area contributed by atoms with Crippen LogP contribution in [0.2, 0.25) is 5.15 Å². The molecule has 26 heavy (non-hydrogen) atoms. The van der Waals surface area contributed by atoms with Gasteiger partial charge in [-0.25, -0.2) is 4.68 Å². The molecule has 0 fully saturated rings. The summed E-state index contributed by atoms with van der Waals surface area (Å²) in [6, 6.07) is 16.8. The summed E-state index contributed by atoms with van der Waals surface area (Å²) in [5, 5.41) is 16.4. The molecule has 0 spiro atoms. The molecule has 0 saturated heterocycles. The number of carbonyl (C=O) groups excluding carboxylic acids is 1. The van der Waals surface area contributed by atoms with Gasteiger partial charge in [0.1, 0.15) is 5.15 Å². The molecular formula is C20H17ClN4O. The van der Waals surface area contributed by atoms with Crippen LogP contribution in [0.25, 0.3) is 0 Å². The quantitative estimate of drug-likeness (QED) is 0.749. The van der Waals surface area contributed by atoms with Crippen LogP contribution in [-0.2, 0) is 6.54 Å². The van der Waals surface area contributed by atoms with Gasteiger partial charge in [0.2, 0.25) is 0 Å². The number of anilines is 1. The van der Waals surface area contributed by atoms with Crippen LogP contribution in [0.1, 0.15) is 32.7 Å². The first-order valence-electron chi connectivity index (χ1n) is 8.08. The van der Waals surface area contributed by atoms with E-state index < -0.39 is 0 Å². The van der Waals surface area contributed by atoms with Crippen molar-refractivity contribution in [3.8, 4) is 6.07 Å². The average Bonchev–Trinajstić information content (AvgIpc) is 2.90. The maximum atomic E-state index is 12.6. The first kappa shape index (κ1) is 17.7. The van der Waals surface area contributed by atoms with E-state index >= 15 is 0 Å². The summed E-state index contributed by atoms with van der Waals surface area (Å²) in [5.74, 6) is -0.349. The Morgan fingerprint density at radius 1 is 1.23 bits per heavy atom. The van der Waals surface area contributed by atoms with Gasteiger partial charge in [0.15, 0.2) is 0 Å². The molecule has 3 rings (SSSR count). The van der Waals surface area contributed by atoms with E-state index in [0.29, 0.717) is 29.1 Å². The molecule has 6 heteroatoms. The van der Waals surface area contributed by atoms with E-state index in [2.05, 4.69) is 10.4 Å². The molecule has 0 aliphatic rings. The van der Waals surface area contributed by atoms with Crippen LogP contribution in [0.3, 0.4) is 0 Å². The number of nitrogens with one attached hydrogen (secondary N) is 1. The fourth-order valence-corrected chi connectivity index (χ4v) is 2.96. The molecule has 3 aromatic rings. The van der Waals surface area contributed by atoms with Gasteiger partial charge in [0, 0.05) is 5.69 Å². The molecule has 1 heterocycles.